The Morgan fingerprint density at radius 2 is 1.81 bits per heavy atom. The Hall–Kier alpha value is -4.50. The van der Waals surface area contributed by atoms with Gasteiger partial charge in [-0.2, -0.15) is 10.2 Å². The maximum absolute atomic E-state index is 13.2. The van der Waals surface area contributed by atoms with Gasteiger partial charge in [0.2, 0.25) is 5.91 Å². The number of hydrogen-bond acceptors (Lipinski definition) is 4. The molecule has 1 heterocycles. The molecule has 186 valence electrons. The van der Waals surface area contributed by atoms with Gasteiger partial charge in [0.25, 0.3) is 5.56 Å². The van der Waals surface area contributed by atoms with Gasteiger partial charge >= 0.3 is 0 Å². The van der Waals surface area contributed by atoms with Crippen molar-refractivity contribution < 1.29 is 4.79 Å². The third kappa shape index (κ3) is 5.84. The van der Waals surface area contributed by atoms with Crippen LogP contribution >= 0.6 is 0 Å². The van der Waals surface area contributed by atoms with Gasteiger partial charge in [0.05, 0.1) is 11.6 Å². The minimum absolute atomic E-state index is 0.139. The van der Waals surface area contributed by atoms with Crippen LogP contribution in [0.4, 0.5) is 5.69 Å². The zero-order valence-corrected chi connectivity index (χ0v) is 21.4. The fraction of sp³-hybridized carbons (Fsp3) is 0.226. The van der Waals surface area contributed by atoms with Crippen molar-refractivity contribution in [3.05, 3.63) is 111 Å². The highest BCUT2D eigenvalue weighted by atomic mass is 16.1. The minimum atomic E-state index is -0.211. The summed E-state index contributed by atoms with van der Waals surface area (Å²) in [6.45, 7) is 5.45. The molecule has 1 amide bonds. The van der Waals surface area contributed by atoms with Crippen LogP contribution in [-0.2, 0) is 17.6 Å². The zero-order chi connectivity index (χ0) is 26.4. The van der Waals surface area contributed by atoms with E-state index in [1.807, 2.05) is 84.3 Å². The maximum atomic E-state index is 13.2. The molecule has 0 fully saturated rings. The number of aryl methyl sites for hydroxylation is 1. The second kappa shape index (κ2) is 11.5. The van der Waals surface area contributed by atoms with Gasteiger partial charge in [-0.15, -0.1) is 0 Å². The number of unbranched alkanes of at least 4 members (excludes halogenated alkanes) is 1. The molecule has 0 unspecified atom stereocenters. The molecule has 0 aliphatic rings. The van der Waals surface area contributed by atoms with Crippen molar-refractivity contribution in [2.24, 2.45) is 0 Å². The second-order valence-electron chi connectivity index (χ2n) is 9.09. The van der Waals surface area contributed by atoms with Crippen molar-refractivity contribution in [3.63, 3.8) is 0 Å². The van der Waals surface area contributed by atoms with Crippen molar-refractivity contribution in [3.8, 4) is 22.9 Å². The van der Waals surface area contributed by atoms with Crippen LogP contribution in [0.3, 0.4) is 0 Å². The Morgan fingerprint density at radius 3 is 2.51 bits per heavy atom. The molecule has 0 radical (unpaired) electrons. The Kier molecular flexibility index (Phi) is 7.95. The van der Waals surface area contributed by atoms with Crippen LogP contribution in [0.15, 0.2) is 77.6 Å². The normalized spacial score (nSPS) is 10.6. The molecule has 37 heavy (non-hydrogen) atoms. The molecule has 6 nitrogen and oxygen atoms in total. The lowest BCUT2D eigenvalue weighted by molar-refractivity contribution is -0.114. The molecular weight excluding hydrogens is 460 g/mol. The molecule has 0 saturated heterocycles. The van der Waals surface area contributed by atoms with Gasteiger partial charge in [-0.25, -0.2) is 0 Å². The first-order valence-electron chi connectivity index (χ1n) is 12.5. The molecule has 4 rings (SSSR count). The third-order valence-electron chi connectivity index (χ3n) is 6.35. The summed E-state index contributed by atoms with van der Waals surface area (Å²) >= 11 is 0. The molecule has 0 bridgehead atoms. The Bertz CT molecular complexity index is 1530. The summed E-state index contributed by atoms with van der Waals surface area (Å²) in [6.07, 6.45) is 3.12. The summed E-state index contributed by atoms with van der Waals surface area (Å²) in [5, 5.41) is 12.3. The van der Waals surface area contributed by atoms with Crippen LogP contribution in [0.1, 0.15) is 54.9 Å². The number of benzene rings is 3. The minimum Gasteiger partial charge on any atom is -0.326 e. The molecule has 0 aliphatic heterocycles. The lowest BCUT2D eigenvalue weighted by atomic mass is 9.96. The number of nitrogens with zero attached hydrogens (tertiary/aromatic N) is 3. The summed E-state index contributed by atoms with van der Waals surface area (Å²) in [5.41, 5.74) is 6.43. The van der Waals surface area contributed by atoms with Gasteiger partial charge in [0.15, 0.2) is 0 Å². The average molecular weight is 491 g/mol. The van der Waals surface area contributed by atoms with Crippen molar-refractivity contribution in [2.45, 2.75) is 46.5 Å². The van der Waals surface area contributed by atoms with Crippen LogP contribution in [0.25, 0.3) is 16.8 Å². The first kappa shape index (κ1) is 25.6. The molecule has 0 atom stereocenters. The zero-order valence-electron chi connectivity index (χ0n) is 21.4. The van der Waals surface area contributed by atoms with Crippen LogP contribution in [0, 0.1) is 18.3 Å². The Balaban J connectivity index is 1.76. The molecule has 0 spiro atoms. The molecule has 0 aliphatic carbocycles. The number of nitriles is 1. The first-order valence-corrected chi connectivity index (χ1v) is 12.5. The quantitative estimate of drug-likeness (QED) is 0.330. The van der Waals surface area contributed by atoms with Crippen molar-refractivity contribution >= 4 is 11.6 Å². The first-order chi connectivity index (χ1) is 17.9. The van der Waals surface area contributed by atoms with Crippen LogP contribution < -0.4 is 10.9 Å². The highest BCUT2D eigenvalue weighted by Crippen LogP contribution is 2.26. The van der Waals surface area contributed by atoms with E-state index in [9.17, 15) is 14.9 Å². The number of aromatic nitrogens is 2. The fourth-order valence-electron chi connectivity index (χ4n) is 4.61. The lowest BCUT2D eigenvalue weighted by Gasteiger charge is -2.20. The van der Waals surface area contributed by atoms with Gasteiger partial charge in [-0.1, -0.05) is 61.9 Å². The third-order valence-corrected chi connectivity index (χ3v) is 6.35. The van der Waals surface area contributed by atoms with Gasteiger partial charge in [0.1, 0.15) is 5.82 Å². The average Bonchev–Trinajstić information content (AvgIpc) is 2.89. The number of nitrogens with one attached hydrogen (secondary N) is 1. The van der Waals surface area contributed by atoms with Crippen LogP contribution in [0.5, 0.6) is 0 Å². The molecule has 4 aromatic rings. The topological polar surface area (TPSA) is 87.8 Å². The van der Waals surface area contributed by atoms with Gasteiger partial charge < -0.3 is 9.88 Å². The highest BCUT2D eigenvalue weighted by Gasteiger charge is 2.17. The summed E-state index contributed by atoms with van der Waals surface area (Å²) in [7, 11) is 0. The van der Waals surface area contributed by atoms with E-state index in [1.54, 1.807) is 0 Å². The molecule has 3 aromatic carbocycles. The summed E-state index contributed by atoms with van der Waals surface area (Å²) in [6, 6.07) is 25.4. The van der Waals surface area contributed by atoms with E-state index >= 15 is 0 Å². The van der Waals surface area contributed by atoms with E-state index in [2.05, 4.69) is 23.3 Å². The SMILES string of the molecule is CCCCc1c(Cc2ccc(-c3ccccc3C#N)cc2)c(=O)nc(C)n1-c1cccc(NC(C)=O)c1. The van der Waals surface area contributed by atoms with E-state index < -0.39 is 0 Å². The number of carbonyl (C=O) groups is 1. The van der Waals surface area contributed by atoms with E-state index in [-0.39, 0.29) is 11.5 Å². The molecule has 1 aromatic heterocycles. The molecule has 1 N–H and O–H groups in total. The summed E-state index contributed by atoms with van der Waals surface area (Å²) in [4.78, 5) is 29.2. The second-order valence-corrected chi connectivity index (χ2v) is 9.09. The van der Waals surface area contributed by atoms with E-state index in [1.165, 1.54) is 6.92 Å². The summed E-state index contributed by atoms with van der Waals surface area (Å²) in [5.74, 6) is 0.475. The summed E-state index contributed by atoms with van der Waals surface area (Å²) < 4.78 is 2.04. The molecular formula is C31H30N4O2. The number of carbonyl (C=O) groups excluding carboxylic acids is 1. The maximum Gasteiger partial charge on any atom is 0.276 e. The molecule has 6 heteroatoms. The van der Waals surface area contributed by atoms with E-state index in [4.69, 9.17) is 0 Å². The predicted molar refractivity (Wildman–Crippen MR) is 147 cm³/mol. The number of amides is 1. The number of rotatable bonds is 8. The van der Waals surface area contributed by atoms with Crippen molar-refractivity contribution in [1.29, 1.82) is 5.26 Å². The standard InChI is InChI=1S/C31H30N4O2/c1-4-5-13-30-29(18-23-14-16-24(17-15-23)28-12-7-6-9-25(28)20-32)31(37)33-21(2)35(30)27-11-8-10-26(19-27)34-22(3)36/h6-12,14-17,19H,4-5,13,18H2,1-3H3,(H,34,36). The highest BCUT2D eigenvalue weighted by molar-refractivity contribution is 5.88. The van der Waals surface area contributed by atoms with Gasteiger partial charge in [-0.3, -0.25) is 9.59 Å². The van der Waals surface area contributed by atoms with Gasteiger partial charge in [0, 0.05) is 36.0 Å². The predicted octanol–water partition coefficient (Wildman–Crippen LogP) is 5.97. The van der Waals surface area contributed by atoms with E-state index in [0.29, 0.717) is 29.1 Å². The van der Waals surface area contributed by atoms with E-state index in [0.717, 1.165) is 47.3 Å². The van der Waals surface area contributed by atoms with Gasteiger partial charge in [-0.05, 0) is 60.7 Å². The Morgan fingerprint density at radius 1 is 1.05 bits per heavy atom. The largest absolute Gasteiger partial charge is 0.326 e. The fourth-order valence-corrected chi connectivity index (χ4v) is 4.61. The van der Waals surface area contributed by atoms with Crippen molar-refractivity contribution in [2.75, 3.05) is 5.32 Å². The Labute approximate surface area is 217 Å². The van der Waals surface area contributed by atoms with Crippen LogP contribution in [-0.4, -0.2) is 15.5 Å². The number of anilines is 1. The van der Waals surface area contributed by atoms with Crippen molar-refractivity contribution in [1.82, 2.24) is 9.55 Å². The molecule has 0 saturated carbocycles. The smallest absolute Gasteiger partial charge is 0.276 e. The lowest BCUT2D eigenvalue weighted by Crippen LogP contribution is -2.25. The van der Waals surface area contributed by atoms with Crippen LogP contribution in [0.2, 0.25) is 0 Å². The number of hydrogen-bond donors (Lipinski definition) is 1. The monoisotopic (exact) mass is 490 g/mol.